The predicted molar refractivity (Wildman–Crippen MR) is 143 cm³/mol. The van der Waals surface area contributed by atoms with Crippen LogP contribution < -0.4 is 19.7 Å². The molecule has 0 saturated heterocycles. The molecule has 8 heteroatoms. The van der Waals surface area contributed by atoms with Gasteiger partial charge in [0.1, 0.15) is 11.5 Å². The van der Waals surface area contributed by atoms with E-state index in [0.29, 0.717) is 24.1 Å². The lowest BCUT2D eigenvalue weighted by atomic mass is 10.2. The third kappa shape index (κ3) is 5.72. The number of allylic oxidation sites excluding steroid dienone is 1. The number of nitrogens with one attached hydrogen (secondary N) is 1. The first-order valence-electron chi connectivity index (χ1n) is 11.5. The molecule has 3 aromatic carbocycles. The number of carbonyl (C=O) groups is 1. The SMILES string of the molecule is COc1ccc(-c2nc(NCc3ccc(N(C)C)cc3)n(C(=O)C=Cc3ccccc3OC)n2)cc1. The molecule has 0 aliphatic carbocycles. The fraction of sp³-hybridized carbons (Fsp3) is 0.179. The summed E-state index contributed by atoms with van der Waals surface area (Å²) >= 11 is 0. The highest BCUT2D eigenvalue weighted by molar-refractivity contribution is 5.95. The summed E-state index contributed by atoms with van der Waals surface area (Å²) in [4.78, 5) is 19.8. The number of hydrogen-bond donors (Lipinski definition) is 1. The fourth-order valence-corrected chi connectivity index (χ4v) is 3.57. The van der Waals surface area contributed by atoms with Gasteiger partial charge in [0, 0.05) is 43.5 Å². The number of benzene rings is 3. The molecule has 0 saturated carbocycles. The van der Waals surface area contributed by atoms with Gasteiger partial charge in [-0.15, -0.1) is 5.10 Å². The van der Waals surface area contributed by atoms with Crippen molar-refractivity contribution < 1.29 is 14.3 Å². The van der Waals surface area contributed by atoms with E-state index in [0.717, 1.165) is 28.1 Å². The lowest BCUT2D eigenvalue weighted by Gasteiger charge is -2.13. The maximum absolute atomic E-state index is 13.2. The molecule has 0 fully saturated rings. The minimum absolute atomic E-state index is 0.335. The van der Waals surface area contributed by atoms with Crippen LogP contribution in [0.3, 0.4) is 0 Å². The maximum Gasteiger partial charge on any atom is 0.274 e. The van der Waals surface area contributed by atoms with Gasteiger partial charge < -0.3 is 19.7 Å². The molecular formula is C28H29N5O3. The van der Waals surface area contributed by atoms with E-state index in [2.05, 4.69) is 15.4 Å². The second-order valence-electron chi connectivity index (χ2n) is 8.23. The van der Waals surface area contributed by atoms with E-state index in [1.54, 1.807) is 20.3 Å². The standard InChI is InChI=1S/C28H29N5O3/c1-32(2)23-14-9-20(10-15-23)19-29-28-30-27(22-11-16-24(35-3)17-12-22)31-33(28)26(34)18-13-21-7-5-6-8-25(21)36-4/h5-18H,19H2,1-4H3,(H,29,30,31). The third-order valence-electron chi connectivity index (χ3n) is 5.61. The van der Waals surface area contributed by atoms with E-state index >= 15 is 0 Å². The van der Waals surface area contributed by atoms with Crippen molar-refractivity contribution in [2.24, 2.45) is 0 Å². The summed E-state index contributed by atoms with van der Waals surface area (Å²) in [5, 5.41) is 7.77. The van der Waals surface area contributed by atoms with Crippen LogP contribution in [0.2, 0.25) is 0 Å². The van der Waals surface area contributed by atoms with Gasteiger partial charge in [-0.1, -0.05) is 30.3 Å². The van der Waals surface area contributed by atoms with Crippen LogP contribution >= 0.6 is 0 Å². The van der Waals surface area contributed by atoms with Gasteiger partial charge in [-0.3, -0.25) is 4.79 Å². The number of rotatable bonds is 9. The van der Waals surface area contributed by atoms with Gasteiger partial charge in [0.15, 0.2) is 5.82 Å². The number of hydrogen-bond acceptors (Lipinski definition) is 7. The molecule has 0 unspecified atom stereocenters. The van der Waals surface area contributed by atoms with Crippen LogP contribution in [0, 0.1) is 0 Å². The molecule has 0 spiro atoms. The lowest BCUT2D eigenvalue weighted by Crippen LogP contribution is -2.14. The number of carbonyl (C=O) groups excluding carboxylic acids is 1. The van der Waals surface area contributed by atoms with Crippen LogP contribution in [-0.2, 0) is 6.54 Å². The number of aromatic nitrogens is 3. The first-order chi connectivity index (χ1) is 17.5. The molecule has 0 atom stereocenters. The molecule has 0 bridgehead atoms. The number of anilines is 2. The Balaban J connectivity index is 1.61. The monoisotopic (exact) mass is 483 g/mol. The molecular weight excluding hydrogens is 454 g/mol. The average Bonchev–Trinajstić information content (AvgIpc) is 3.35. The number of nitrogens with zero attached hydrogens (tertiary/aromatic N) is 4. The first kappa shape index (κ1) is 24.5. The Morgan fingerprint density at radius 3 is 2.36 bits per heavy atom. The van der Waals surface area contributed by atoms with E-state index < -0.39 is 0 Å². The first-order valence-corrected chi connectivity index (χ1v) is 11.5. The minimum Gasteiger partial charge on any atom is -0.497 e. The van der Waals surface area contributed by atoms with Gasteiger partial charge in [0.2, 0.25) is 5.95 Å². The summed E-state index contributed by atoms with van der Waals surface area (Å²) in [6, 6.07) is 23.0. The summed E-state index contributed by atoms with van der Waals surface area (Å²) in [7, 11) is 7.21. The molecule has 0 amide bonds. The molecule has 0 aliphatic rings. The zero-order chi connectivity index (χ0) is 25.5. The van der Waals surface area contributed by atoms with E-state index in [4.69, 9.17) is 9.47 Å². The molecule has 1 heterocycles. The second-order valence-corrected chi connectivity index (χ2v) is 8.23. The van der Waals surface area contributed by atoms with Crippen molar-refractivity contribution in [1.29, 1.82) is 0 Å². The van der Waals surface area contributed by atoms with Crippen LogP contribution in [-0.4, -0.2) is 49.0 Å². The van der Waals surface area contributed by atoms with Gasteiger partial charge in [0.25, 0.3) is 5.91 Å². The smallest absolute Gasteiger partial charge is 0.274 e. The van der Waals surface area contributed by atoms with Crippen molar-refractivity contribution in [3.8, 4) is 22.9 Å². The Kier molecular flexibility index (Phi) is 7.65. The maximum atomic E-state index is 13.2. The molecule has 0 aliphatic heterocycles. The Morgan fingerprint density at radius 1 is 0.972 bits per heavy atom. The summed E-state index contributed by atoms with van der Waals surface area (Å²) in [6.07, 6.45) is 3.17. The molecule has 1 aromatic heterocycles. The predicted octanol–water partition coefficient (Wildman–Crippen LogP) is 4.99. The summed E-state index contributed by atoms with van der Waals surface area (Å²) in [5.41, 5.74) is 3.73. The molecule has 4 rings (SSSR count). The van der Waals surface area contributed by atoms with E-state index in [1.807, 2.05) is 91.8 Å². The Labute approximate surface area is 210 Å². The van der Waals surface area contributed by atoms with Gasteiger partial charge >= 0.3 is 0 Å². The van der Waals surface area contributed by atoms with Crippen molar-refractivity contribution >= 4 is 23.6 Å². The van der Waals surface area contributed by atoms with Crippen molar-refractivity contribution in [3.63, 3.8) is 0 Å². The van der Waals surface area contributed by atoms with E-state index in [-0.39, 0.29) is 5.91 Å². The van der Waals surface area contributed by atoms with Gasteiger partial charge in [-0.05, 0) is 54.1 Å². The lowest BCUT2D eigenvalue weighted by molar-refractivity contribution is 0.0957. The Morgan fingerprint density at radius 2 is 1.69 bits per heavy atom. The summed E-state index contributed by atoms with van der Waals surface area (Å²) in [6.45, 7) is 0.484. The van der Waals surface area contributed by atoms with Crippen LogP contribution in [0.15, 0.2) is 78.9 Å². The highest BCUT2D eigenvalue weighted by Gasteiger charge is 2.16. The molecule has 184 valence electrons. The molecule has 36 heavy (non-hydrogen) atoms. The van der Waals surface area contributed by atoms with E-state index in [1.165, 1.54) is 10.8 Å². The van der Waals surface area contributed by atoms with Gasteiger partial charge in [0.05, 0.1) is 14.2 Å². The quantitative estimate of drug-likeness (QED) is 0.336. The molecule has 0 radical (unpaired) electrons. The van der Waals surface area contributed by atoms with Crippen molar-refractivity contribution in [2.75, 3.05) is 38.5 Å². The number of ether oxygens (including phenoxy) is 2. The van der Waals surface area contributed by atoms with E-state index in [9.17, 15) is 4.79 Å². The Bertz CT molecular complexity index is 1340. The Hall–Kier alpha value is -4.59. The molecule has 4 aromatic rings. The van der Waals surface area contributed by atoms with Crippen molar-refractivity contribution in [3.05, 3.63) is 90.0 Å². The van der Waals surface area contributed by atoms with Crippen LogP contribution in [0.5, 0.6) is 11.5 Å². The van der Waals surface area contributed by atoms with Crippen LogP contribution in [0.4, 0.5) is 11.6 Å². The largest absolute Gasteiger partial charge is 0.497 e. The minimum atomic E-state index is -0.335. The zero-order valence-electron chi connectivity index (χ0n) is 20.8. The zero-order valence-corrected chi connectivity index (χ0v) is 20.8. The average molecular weight is 484 g/mol. The number of para-hydroxylation sites is 1. The normalized spacial score (nSPS) is 10.9. The molecule has 1 N–H and O–H groups in total. The number of methoxy groups -OCH3 is 2. The molecule has 8 nitrogen and oxygen atoms in total. The van der Waals surface area contributed by atoms with Gasteiger partial charge in [-0.25, -0.2) is 0 Å². The summed E-state index contributed by atoms with van der Waals surface area (Å²) < 4.78 is 11.9. The van der Waals surface area contributed by atoms with Crippen molar-refractivity contribution in [2.45, 2.75) is 6.54 Å². The topological polar surface area (TPSA) is 81.5 Å². The van der Waals surface area contributed by atoms with Crippen molar-refractivity contribution in [1.82, 2.24) is 14.8 Å². The third-order valence-corrected chi connectivity index (χ3v) is 5.61. The second kappa shape index (κ2) is 11.2. The highest BCUT2D eigenvalue weighted by Crippen LogP contribution is 2.23. The van der Waals surface area contributed by atoms with Gasteiger partial charge in [-0.2, -0.15) is 9.67 Å². The fourth-order valence-electron chi connectivity index (χ4n) is 3.57. The highest BCUT2D eigenvalue weighted by atomic mass is 16.5. The van der Waals surface area contributed by atoms with Crippen LogP contribution in [0.25, 0.3) is 17.5 Å². The summed E-state index contributed by atoms with van der Waals surface area (Å²) in [5.74, 6) is 1.86. The van der Waals surface area contributed by atoms with Crippen LogP contribution in [0.1, 0.15) is 15.9 Å².